The summed E-state index contributed by atoms with van der Waals surface area (Å²) < 4.78 is 0.562. The van der Waals surface area contributed by atoms with E-state index in [9.17, 15) is 0 Å². The Hall–Kier alpha value is 0.590. The Morgan fingerprint density at radius 1 is 1.56 bits per heavy atom. The molecular weight excluding hydrogens is 170 g/mol. The number of nitrogens with one attached hydrogen (secondary N) is 1. The molecule has 0 aliphatic carbocycles. The maximum atomic E-state index is 4.64. The minimum absolute atomic E-state index is 0. The van der Waals surface area contributed by atoms with Gasteiger partial charge in [-0.05, 0) is 12.2 Å². The van der Waals surface area contributed by atoms with Gasteiger partial charge in [0, 0.05) is 6.54 Å². The number of rotatable bonds is 3. The molecule has 0 amide bonds. The van der Waals surface area contributed by atoms with E-state index in [1.54, 1.807) is 0 Å². The van der Waals surface area contributed by atoms with Crippen LogP contribution in [0.4, 0.5) is 0 Å². The summed E-state index contributed by atoms with van der Waals surface area (Å²) in [6.45, 7) is 0.881. The summed E-state index contributed by atoms with van der Waals surface area (Å²) in [5.74, 6) is 0.892. The standard InChI is InChI=1S/C4H9NS3.CH4/c6-3-1-2-5-4(7)8;/h6H,1-3H2,(H2,5,7,8);1H4. The summed E-state index contributed by atoms with van der Waals surface area (Å²) in [5, 5.41) is 2.89. The van der Waals surface area contributed by atoms with Crippen molar-refractivity contribution in [3.63, 3.8) is 0 Å². The maximum Gasteiger partial charge on any atom is 0.130 e. The van der Waals surface area contributed by atoms with Crippen molar-refractivity contribution in [2.24, 2.45) is 0 Å². The zero-order chi connectivity index (χ0) is 6.41. The second kappa shape index (κ2) is 8.59. The van der Waals surface area contributed by atoms with Gasteiger partial charge in [-0.3, -0.25) is 0 Å². The highest BCUT2D eigenvalue weighted by atomic mass is 32.1. The molecule has 9 heavy (non-hydrogen) atoms. The van der Waals surface area contributed by atoms with Crippen LogP contribution in [0, 0.1) is 0 Å². The van der Waals surface area contributed by atoms with Crippen LogP contribution in [0.3, 0.4) is 0 Å². The van der Waals surface area contributed by atoms with E-state index >= 15 is 0 Å². The van der Waals surface area contributed by atoms with Crippen LogP contribution in [-0.4, -0.2) is 16.6 Å². The van der Waals surface area contributed by atoms with Crippen LogP contribution in [0.25, 0.3) is 0 Å². The molecule has 0 heterocycles. The average molecular weight is 183 g/mol. The molecule has 0 aromatic heterocycles. The third-order valence-electron chi connectivity index (χ3n) is 0.611. The topological polar surface area (TPSA) is 12.0 Å². The predicted molar refractivity (Wildman–Crippen MR) is 54.8 cm³/mol. The van der Waals surface area contributed by atoms with Crippen LogP contribution in [0.2, 0.25) is 0 Å². The highest BCUT2D eigenvalue weighted by molar-refractivity contribution is 8.11. The van der Waals surface area contributed by atoms with Gasteiger partial charge in [-0.2, -0.15) is 12.6 Å². The second-order valence-corrected chi connectivity index (χ2v) is 2.91. The Morgan fingerprint density at radius 2 is 2.11 bits per heavy atom. The molecule has 0 spiro atoms. The number of thiocarbonyl (C=S) groups is 1. The molecule has 0 unspecified atom stereocenters. The van der Waals surface area contributed by atoms with E-state index in [4.69, 9.17) is 0 Å². The summed E-state index contributed by atoms with van der Waals surface area (Å²) in [5.41, 5.74) is 0. The number of thiol groups is 2. The van der Waals surface area contributed by atoms with Crippen LogP contribution in [0.1, 0.15) is 13.8 Å². The lowest BCUT2D eigenvalue weighted by molar-refractivity contribution is 0.865. The molecule has 0 bridgehead atoms. The third kappa shape index (κ3) is 11.9. The minimum atomic E-state index is 0. The normalized spacial score (nSPS) is 7.78. The van der Waals surface area contributed by atoms with E-state index < -0.39 is 0 Å². The van der Waals surface area contributed by atoms with E-state index in [0.717, 1.165) is 18.7 Å². The number of hydrogen-bond donors (Lipinski definition) is 3. The second-order valence-electron chi connectivity index (χ2n) is 1.31. The van der Waals surface area contributed by atoms with Gasteiger partial charge in [-0.15, -0.1) is 12.6 Å². The molecule has 4 heteroatoms. The van der Waals surface area contributed by atoms with Crippen molar-refractivity contribution in [1.82, 2.24) is 5.32 Å². The molecule has 56 valence electrons. The monoisotopic (exact) mass is 183 g/mol. The van der Waals surface area contributed by atoms with Crippen LogP contribution in [-0.2, 0) is 0 Å². The van der Waals surface area contributed by atoms with Crippen molar-refractivity contribution >= 4 is 41.8 Å². The Balaban J connectivity index is 0. The van der Waals surface area contributed by atoms with Gasteiger partial charge < -0.3 is 5.32 Å². The molecule has 0 saturated carbocycles. The maximum absolute atomic E-state index is 4.64. The van der Waals surface area contributed by atoms with Gasteiger partial charge in [0.1, 0.15) is 4.32 Å². The summed E-state index contributed by atoms with van der Waals surface area (Å²) in [6, 6.07) is 0. The molecule has 0 saturated heterocycles. The van der Waals surface area contributed by atoms with Crippen LogP contribution >= 0.6 is 37.5 Å². The Kier molecular flexibility index (Phi) is 11.7. The molecule has 0 aliphatic rings. The van der Waals surface area contributed by atoms with Crippen molar-refractivity contribution in [1.29, 1.82) is 0 Å². The molecule has 1 nitrogen and oxygen atoms in total. The first-order chi connectivity index (χ1) is 3.77. The lowest BCUT2D eigenvalue weighted by Crippen LogP contribution is -2.17. The Morgan fingerprint density at radius 3 is 2.44 bits per heavy atom. The zero-order valence-corrected chi connectivity index (χ0v) is 7.03. The van der Waals surface area contributed by atoms with Crippen molar-refractivity contribution in [2.75, 3.05) is 12.3 Å². The van der Waals surface area contributed by atoms with Crippen molar-refractivity contribution in [3.8, 4) is 0 Å². The molecule has 0 rings (SSSR count). The molecule has 0 aliphatic heterocycles. The molecule has 0 aromatic carbocycles. The first-order valence-electron chi connectivity index (χ1n) is 2.35. The summed E-state index contributed by atoms with van der Waals surface area (Å²) >= 11 is 12.5. The van der Waals surface area contributed by atoms with Crippen LogP contribution < -0.4 is 5.32 Å². The zero-order valence-electron chi connectivity index (χ0n) is 4.42. The van der Waals surface area contributed by atoms with Crippen molar-refractivity contribution in [2.45, 2.75) is 13.8 Å². The van der Waals surface area contributed by atoms with Gasteiger partial charge in [0.25, 0.3) is 0 Å². The van der Waals surface area contributed by atoms with E-state index in [0.29, 0.717) is 4.32 Å². The quantitative estimate of drug-likeness (QED) is 0.350. The minimum Gasteiger partial charge on any atom is -0.371 e. The average Bonchev–Trinajstić information content (AvgIpc) is 1.66. The fraction of sp³-hybridized carbons (Fsp3) is 0.800. The number of hydrogen-bond acceptors (Lipinski definition) is 2. The van der Waals surface area contributed by atoms with E-state index in [1.165, 1.54) is 0 Å². The van der Waals surface area contributed by atoms with E-state index in [1.807, 2.05) is 0 Å². The summed E-state index contributed by atoms with van der Waals surface area (Å²) in [4.78, 5) is 0. The summed E-state index contributed by atoms with van der Waals surface area (Å²) in [7, 11) is 0. The van der Waals surface area contributed by atoms with Gasteiger partial charge >= 0.3 is 0 Å². The van der Waals surface area contributed by atoms with Crippen LogP contribution in [0.15, 0.2) is 0 Å². The molecule has 0 radical (unpaired) electrons. The molecule has 0 atom stereocenters. The highest BCUT2D eigenvalue weighted by Crippen LogP contribution is 1.82. The Labute approximate surface area is 73.4 Å². The highest BCUT2D eigenvalue weighted by Gasteiger charge is 1.83. The van der Waals surface area contributed by atoms with E-state index in [2.05, 4.69) is 42.8 Å². The fourth-order valence-electron chi connectivity index (χ4n) is 0.274. The van der Waals surface area contributed by atoms with Gasteiger partial charge in [0.05, 0.1) is 0 Å². The Bertz CT molecular complexity index is 74.6. The van der Waals surface area contributed by atoms with Gasteiger partial charge in [-0.25, -0.2) is 0 Å². The van der Waals surface area contributed by atoms with Gasteiger partial charge in [0.15, 0.2) is 0 Å². The molecule has 1 N–H and O–H groups in total. The van der Waals surface area contributed by atoms with Gasteiger partial charge in [-0.1, -0.05) is 19.6 Å². The smallest absolute Gasteiger partial charge is 0.130 e. The fourth-order valence-corrected chi connectivity index (χ4v) is 0.646. The lowest BCUT2D eigenvalue weighted by atomic mass is 10.5. The van der Waals surface area contributed by atoms with Crippen LogP contribution in [0.5, 0.6) is 0 Å². The first kappa shape index (κ1) is 12.3. The molecule has 0 fully saturated rings. The third-order valence-corrected chi connectivity index (χ3v) is 1.23. The van der Waals surface area contributed by atoms with Crippen molar-refractivity contribution < 1.29 is 0 Å². The van der Waals surface area contributed by atoms with E-state index in [-0.39, 0.29) is 7.43 Å². The SMILES string of the molecule is C.S=C(S)NCCCS. The molecule has 0 aromatic rings. The predicted octanol–water partition coefficient (Wildman–Crippen LogP) is 1.75. The van der Waals surface area contributed by atoms with Gasteiger partial charge in [0.2, 0.25) is 0 Å². The first-order valence-corrected chi connectivity index (χ1v) is 3.84. The molecular formula is C5H13NS3. The summed E-state index contributed by atoms with van der Waals surface area (Å²) in [6.07, 6.45) is 1.03. The van der Waals surface area contributed by atoms with Crippen molar-refractivity contribution in [3.05, 3.63) is 0 Å². The lowest BCUT2D eigenvalue weighted by Gasteiger charge is -1.98. The largest absolute Gasteiger partial charge is 0.371 e.